The summed E-state index contributed by atoms with van der Waals surface area (Å²) in [6.45, 7) is 2.01. The van der Waals surface area contributed by atoms with E-state index < -0.39 is 6.10 Å². The lowest BCUT2D eigenvalue weighted by Gasteiger charge is -1.97. The van der Waals surface area contributed by atoms with Crippen molar-refractivity contribution in [2.24, 2.45) is 5.73 Å². The molecule has 0 bridgehead atoms. The molecule has 0 aliphatic carbocycles. The number of hydrogen-bond donors (Lipinski definition) is 2. The van der Waals surface area contributed by atoms with Crippen molar-refractivity contribution in [3.05, 3.63) is 27.8 Å². The van der Waals surface area contributed by atoms with Gasteiger partial charge in [-0.05, 0) is 6.92 Å². The molecule has 1 atom stereocenters. The Bertz CT molecular complexity index is 468. The molecule has 0 spiro atoms. The first-order valence-electron chi connectivity index (χ1n) is 4.80. The molecule has 0 fully saturated rings. The van der Waals surface area contributed by atoms with Crippen molar-refractivity contribution < 1.29 is 9.63 Å². The van der Waals surface area contributed by atoms with E-state index in [9.17, 15) is 5.11 Å². The van der Waals surface area contributed by atoms with Gasteiger partial charge in [-0.3, -0.25) is 0 Å². The van der Waals surface area contributed by atoms with Crippen LogP contribution in [0.1, 0.15) is 28.5 Å². The predicted molar refractivity (Wildman–Crippen MR) is 58.0 cm³/mol. The van der Waals surface area contributed by atoms with Gasteiger partial charge in [0.15, 0.2) is 5.82 Å². The number of rotatable bonds is 4. The molecule has 16 heavy (non-hydrogen) atoms. The lowest BCUT2D eigenvalue weighted by atomic mass is 10.3. The van der Waals surface area contributed by atoms with Gasteiger partial charge in [-0.25, -0.2) is 4.98 Å². The van der Waals surface area contributed by atoms with Crippen molar-refractivity contribution in [1.82, 2.24) is 15.1 Å². The Labute approximate surface area is 96.1 Å². The molecule has 2 rings (SSSR count). The van der Waals surface area contributed by atoms with Gasteiger partial charge in [0.1, 0.15) is 6.10 Å². The third-order valence-corrected chi connectivity index (χ3v) is 2.82. The van der Waals surface area contributed by atoms with Crippen LogP contribution in [0.5, 0.6) is 0 Å². The van der Waals surface area contributed by atoms with Crippen LogP contribution in [0.2, 0.25) is 0 Å². The van der Waals surface area contributed by atoms with Gasteiger partial charge in [-0.15, -0.1) is 11.3 Å². The van der Waals surface area contributed by atoms with Crippen molar-refractivity contribution in [3.63, 3.8) is 0 Å². The highest BCUT2D eigenvalue weighted by molar-refractivity contribution is 7.09. The molecule has 0 aliphatic heterocycles. The summed E-state index contributed by atoms with van der Waals surface area (Å²) in [6, 6.07) is 0. The fraction of sp³-hybridized carbons (Fsp3) is 0.444. The monoisotopic (exact) mass is 240 g/mol. The predicted octanol–water partition coefficient (Wildman–Crippen LogP) is 0.417. The highest BCUT2D eigenvalue weighted by atomic mass is 32.1. The second kappa shape index (κ2) is 4.69. The molecule has 3 N–H and O–H groups in total. The van der Waals surface area contributed by atoms with Crippen LogP contribution in [-0.4, -0.2) is 26.8 Å². The number of aliphatic hydroxyl groups is 1. The zero-order valence-electron chi connectivity index (χ0n) is 8.75. The Morgan fingerprint density at radius 2 is 2.38 bits per heavy atom. The van der Waals surface area contributed by atoms with Crippen LogP contribution in [0.15, 0.2) is 9.90 Å². The fourth-order valence-electron chi connectivity index (χ4n) is 1.23. The molecule has 0 aliphatic rings. The lowest BCUT2D eigenvalue weighted by molar-refractivity contribution is 0.141. The molecule has 1 unspecified atom stereocenters. The zero-order chi connectivity index (χ0) is 11.5. The van der Waals surface area contributed by atoms with Crippen LogP contribution in [0.25, 0.3) is 0 Å². The number of aryl methyl sites for hydroxylation is 1. The van der Waals surface area contributed by atoms with E-state index in [1.165, 1.54) is 0 Å². The Morgan fingerprint density at radius 3 is 3.00 bits per heavy atom. The Hall–Kier alpha value is -1.31. The van der Waals surface area contributed by atoms with E-state index in [0.29, 0.717) is 12.2 Å². The highest BCUT2D eigenvalue weighted by Gasteiger charge is 2.14. The minimum absolute atomic E-state index is 0.0669. The second-order valence-corrected chi connectivity index (χ2v) is 4.40. The summed E-state index contributed by atoms with van der Waals surface area (Å²) >= 11 is 1.57. The third-order valence-electron chi connectivity index (χ3n) is 2.00. The van der Waals surface area contributed by atoms with Gasteiger partial charge in [0, 0.05) is 11.9 Å². The minimum Gasteiger partial charge on any atom is -0.382 e. The highest BCUT2D eigenvalue weighted by Crippen LogP contribution is 2.13. The minimum atomic E-state index is -0.890. The molecule has 0 saturated heterocycles. The third kappa shape index (κ3) is 2.43. The van der Waals surface area contributed by atoms with Crippen LogP contribution in [0.4, 0.5) is 0 Å². The Kier molecular flexibility index (Phi) is 3.28. The second-order valence-electron chi connectivity index (χ2n) is 3.33. The van der Waals surface area contributed by atoms with E-state index in [-0.39, 0.29) is 12.4 Å². The molecule has 2 heterocycles. The van der Waals surface area contributed by atoms with Crippen LogP contribution >= 0.6 is 11.3 Å². The van der Waals surface area contributed by atoms with E-state index in [2.05, 4.69) is 15.1 Å². The first-order chi connectivity index (χ1) is 7.69. The fourth-order valence-corrected chi connectivity index (χ4v) is 1.84. The van der Waals surface area contributed by atoms with E-state index >= 15 is 0 Å². The molecular formula is C9H12N4O2S. The van der Waals surface area contributed by atoms with Crippen molar-refractivity contribution >= 4 is 11.3 Å². The SMILES string of the molecule is Cc1nc(Cc2noc(C(O)CN)n2)cs1. The molecule has 2 aromatic heterocycles. The van der Waals surface area contributed by atoms with E-state index in [1.54, 1.807) is 11.3 Å². The molecule has 6 nitrogen and oxygen atoms in total. The molecule has 2 aromatic rings. The Morgan fingerprint density at radius 1 is 1.56 bits per heavy atom. The van der Waals surface area contributed by atoms with Crippen LogP contribution in [-0.2, 0) is 6.42 Å². The number of hydrogen-bond acceptors (Lipinski definition) is 7. The first-order valence-corrected chi connectivity index (χ1v) is 5.68. The maximum atomic E-state index is 9.38. The van der Waals surface area contributed by atoms with Crippen molar-refractivity contribution in [2.75, 3.05) is 6.54 Å². The normalized spacial score (nSPS) is 12.9. The molecule has 7 heteroatoms. The van der Waals surface area contributed by atoms with Gasteiger partial charge in [0.25, 0.3) is 5.89 Å². The van der Waals surface area contributed by atoms with Gasteiger partial charge in [0.05, 0.1) is 17.1 Å². The summed E-state index contributed by atoms with van der Waals surface area (Å²) in [5, 5.41) is 16.1. The number of nitrogens with zero attached hydrogens (tertiary/aromatic N) is 3. The molecule has 0 aromatic carbocycles. The maximum absolute atomic E-state index is 9.38. The standard InChI is InChI=1S/C9H12N4O2S/c1-5-11-6(4-16-5)2-8-12-9(15-13-8)7(14)3-10/h4,7,14H,2-3,10H2,1H3. The van der Waals surface area contributed by atoms with Crippen LogP contribution < -0.4 is 5.73 Å². The van der Waals surface area contributed by atoms with Crippen molar-refractivity contribution in [2.45, 2.75) is 19.4 Å². The van der Waals surface area contributed by atoms with E-state index in [1.807, 2.05) is 12.3 Å². The zero-order valence-corrected chi connectivity index (χ0v) is 9.57. The average molecular weight is 240 g/mol. The summed E-state index contributed by atoms with van der Waals surface area (Å²) < 4.78 is 4.88. The summed E-state index contributed by atoms with van der Waals surface area (Å²) in [5.41, 5.74) is 6.18. The smallest absolute Gasteiger partial charge is 0.256 e. The number of thiazole rings is 1. The largest absolute Gasteiger partial charge is 0.382 e. The van der Waals surface area contributed by atoms with E-state index in [0.717, 1.165) is 10.7 Å². The molecule has 0 saturated carbocycles. The van der Waals surface area contributed by atoms with Crippen molar-refractivity contribution in [3.8, 4) is 0 Å². The number of aliphatic hydroxyl groups excluding tert-OH is 1. The van der Waals surface area contributed by atoms with E-state index in [4.69, 9.17) is 10.3 Å². The van der Waals surface area contributed by atoms with Gasteiger partial charge in [-0.2, -0.15) is 4.98 Å². The lowest BCUT2D eigenvalue weighted by Crippen LogP contribution is -2.11. The molecular weight excluding hydrogens is 228 g/mol. The maximum Gasteiger partial charge on any atom is 0.256 e. The van der Waals surface area contributed by atoms with Gasteiger partial charge in [-0.1, -0.05) is 5.16 Å². The molecule has 0 amide bonds. The topological polar surface area (TPSA) is 98.1 Å². The summed E-state index contributed by atoms with van der Waals surface area (Å²) in [6.07, 6.45) is -0.385. The van der Waals surface area contributed by atoms with Crippen LogP contribution in [0, 0.1) is 6.92 Å². The molecule has 86 valence electrons. The summed E-state index contributed by atoms with van der Waals surface area (Å²) in [4.78, 5) is 8.33. The van der Waals surface area contributed by atoms with Crippen molar-refractivity contribution in [1.29, 1.82) is 0 Å². The van der Waals surface area contributed by atoms with Gasteiger partial charge in [0.2, 0.25) is 0 Å². The first kappa shape index (κ1) is 11.2. The summed E-state index contributed by atoms with van der Waals surface area (Å²) in [5.74, 6) is 0.664. The quantitative estimate of drug-likeness (QED) is 0.803. The number of aromatic nitrogens is 3. The van der Waals surface area contributed by atoms with Crippen LogP contribution in [0.3, 0.4) is 0 Å². The number of nitrogens with two attached hydrogens (primary N) is 1. The molecule has 0 radical (unpaired) electrons. The average Bonchev–Trinajstić information content (AvgIpc) is 2.87. The van der Waals surface area contributed by atoms with Gasteiger partial charge < -0.3 is 15.4 Å². The summed E-state index contributed by atoms with van der Waals surface area (Å²) in [7, 11) is 0. The van der Waals surface area contributed by atoms with Gasteiger partial charge >= 0.3 is 0 Å². The Balaban J connectivity index is 2.08.